The van der Waals surface area contributed by atoms with Gasteiger partial charge in [0.15, 0.2) is 0 Å². The molecule has 1 heterocycles. The molecule has 1 aliphatic rings. The molecular formula is C12H26N2O. The number of nitrogens with two attached hydrogens (primary N) is 1. The summed E-state index contributed by atoms with van der Waals surface area (Å²) in [7, 11) is 2.19. The van der Waals surface area contributed by atoms with Crippen LogP contribution in [-0.4, -0.2) is 43.3 Å². The molecule has 0 aliphatic carbocycles. The van der Waals surface area contributed by atoms with Gasteiger partial charge in [-0.05, 0) is 33.2 Å². The molecule has 90 valence electrons. The smallest absolute Gasteiger partial charge is 0.0707 e. The average molecular weight is 214 g/mol. The van der Waals surface area contributed by atoms with Gasteiger partial charge in [-0.2, -0.15) is 0 Å². The molecule has 0 bridgehead atoms. The van der Waals surface area contributed by atoms with Crippen molar-refractivity contribution in [3.63, 3.8) is 0 Å². The molecular weight excluding hydrogens is 188 g/mol. The zero-order valence-corrected chi connectivity index (χ0v) is 10.4. The van der Waals surface area contributed by atoms with Crippen molar-refractivity contribution in [1.82, 2.24) is 4.90 Å². The highest BCUT2D eigenvalue weighted by Gasteiger charge is 2.25. The monoisotopic (exact) mass is 214 g/mol. The lowest BCUT2D eigenvalue weighted by molar-refractivity contribution is 0.0248. The van der Waals surface area contributed by atoms with Crippen LogP contribution in [0.15, 0.2) is 0 Å². The van der Waals surface area contributed by atoms with Crippen LogP contribution in [0.5, 0.6) is 0 Å². The van der Waals surface area contributed by atoms with Gasteiger partial charge in [-0.1, -0.05) is 13.3 Å². The van der Waals surface area contributed by atoms with Crippen LogP contribution in [0.1, 0.15) is 39.5 Å². The van der Waals surface area contributed by atoms with Crippen molar-refractivity contribution in [3.05, 3.63) is 0 Å². The third kappa shape index (κ3) is 4.09. The van der Waals surface area contributed by atoms with E-state index in [0.717, 1.165) is 13.0 Å². The van der Waals surface area contributed by atoms with Crippen LogP contribution in [0.3, 0.4) is 0 Å². The van der Waals surface area contributed by atoms with Crippen LogP contribution in [-0.2, 0) is 4.74 Å². The first-order chi connectivity index (χ1) is 7.17. The minimum atomic E-state index is 0.310. The lowest BCUT2D eigenvalue weighted by Crippen LogP contribution is -2.36. The topological polar surface area (TPSA) is 38.5 Å². The number of hydrogen-bond donors (Lipinski definition) is 1. The predicted molar refractivity (Wildman–Crippen MR) is 63.9 cm³/mol. The molecule has 0 aromatic carbocycles. The summed E-state index contributed by atoms with van der Waals surface area (Å²) in [6, 6.07) is 0.663. The minimum absolute atomic E-state index is 0.310. The molecule has 1 rings (SSSR count). The molecule has 3 nitrogen and oxygen atoms in total. The normalized spacial score (nSPS) is 28.6. The Morgan fingerprint density at radius 3 is 2.60 bits per heavy atom. The van der Waals surface area contributed by atoms with E-state index in [9.17, 15) is 0 Å². The fourth-order valence-corrected chi connectivity index (χ4v) is 2.23. The van der Waals surface area contributed by atoms with Gasteiger partial charge in [-0.15, -0.1) is 0 Å². The Labute approximate surface area is 94.0 Å². The van der Waals surface area contributed by atoms with E-state index in [0.29, 0.717) is 24.8 Å². The van der Waals surface area contributed by atoms with Crippen LogP contribution < -0.4 is 5.73 Å². The molecule has 15 heavy (non-hydrogen) atoms. The SMILES string of the molecule is CCCC(C)N(C)CC1CCC(CN)O1. The van der Waals surface area contributed by atoms with Gasteiger partial charge < -0.3 is 15.4 Å². The molecule has 1 aliphatic heterocycles. The molecule has 1 saturated heterocycles. The molecule has 0 aromatic heterocycles. The van der Waals surface area contributed by atoms with Gasteiger partial charge in [0, 0.05) is 19.1 Å². The van der Waals surface area contributed by atoms with Crippen molar-refractivity contribution in [2.75, 3.05) is 20.1 Å². The van der Waals surface area contributed by atoms with Gasteiger partial charge in [0.05, 0.1) is 12.2 Å². The Balaban J connectivity index is 2.23. The van der Waals surface area contributed by atoms with Crippen molar-refractivity contribution < 1.29 is 4.74 Å². The summed E-state index contributed by atoms with van der Waals surface area (Å²) in [6.45, 7) is 6.25. The van der Waals surface area contributed by atoms with Gasteiger partial charge in [0.25, 0.3) is 0 Å². The summed E-state index contributed by atoms with van der Waals surface area (Å²) in [5.41, 5.74) is 5.60. The lowest BCUT2D eigenvalue weighted by Gasteiger charge is -2.27. The zero-order valence-electron chi connectivity index (χ0n) is 10.4. The standard InChI is InChI=1S/C12H26N2O/c1-4-5-10(2)14(3)9-12-7-6-11(8-13)15-12/h10-12H,4-9,13H2,1-3H3. The van der Waals surface area contributed by atoms with E-state index in [1.54, 1.807) is 0 Å². The molecule has 2 N–H and O–H groups in total. The quantitative estimate of drug-likeness (QED) is 0.730. The molecule has 0 spiro atoms. The number of likely N-dealkylation sites (N-methyl/N-ethyl adjacent to an activating group) is 1. The van der Waals surface area contributed by atoms with Crippen LogP contribution in [0.25, 0.3) is 0 Å². The highest BCUT2D eigenvalue weighted by atomic mass is 16.5. The maximum atomic E-state index is 5.84. The van der Waals surface area contributed by atoms with Crippen molar-refractivity contribution in [3.8, 4) is 0 Å². The predicted octanol–water partition coefficient (Wildman–Crippen LogP) is 1.61. The van der Waals surface area contributed by atoms with Gasteiger partial charge in [0.2, 0.25) is 0 Å². The molecule has 3 unspecified atom stereocenters. The van der Waals surface area contributed by atoms with Gasteiger partial charge in [0.1, 0.15) is 0 Å². The third-order valence-corrected chi connectivity index (χ3v) is 3.41. The highest BCUT2D eigenvalue weighted by molar-refractivity contribution is 4.77. The van der Waals surface area contributed by atoms with Gasteiger partial charge >= 0.3 is 0 Å². The third-order valence-electron chi connectivity index (χ3n) is 3.41. The Kier molecular flexibility index (Phi) is 5.58. The summed E-state index contributed by atoms with van der Waals surface area (Å²) >= 11 is 0. The first-order valence-corrected chi connectivity index (χ1v) is 6.23. The van der Waals surface area contributed by atoms with E-state index in [4.69, 9.17) is 10.5 Å². The Hall–Kier alpha value is -0.120. The summed E-state index contributed by atoms with van der Waals surface area (Å²) in [4.78, 5) is 2.41. The first kappa shape index (κ1) is 12.9. The van der Waals surface area contributed by atoms with Gasteiger partial charge in [-0.3, -0.25) is 0 Å². The molecule has 0 aromatic rings. The summed E-state index contributed by atoms with van der Waals surface area (Å²) in [5, 5.41) is 0. The van der Waals surface area contributed by atoms with E-state index in [2.05, 4.69) is 25.8 Å². The Morgan fingerprint density at radius 2 is 2.07 bits per heavy atom. The van der Waals surface area contributed by atoms with Crippen LogP contribution >= 0.6 is 0 Å². The lowest BCUT2D eigenvalue weighted by atomic mass is 10.1. The Morgan fingerprint density at radius 1 is 1.40 bits per heavy atom. The zero-order chi connectivity index (χ0) is 11.3. The van der Waals surface area contributed by atoms with Crippen LogP contribution in [0.2, 0.25) is 0 Å². The molecule has 1 fully saturated rings. The van der Waals surface area contributed by atoms with E-state index in [-0.39, 0.29) is 0 Å². The molecule has 3 heteroatoms. The van der Waals surface area contributed by atoms with E-state index < -0.39 is 0 Å². The number of hydrogen-bond acceptors (Lipinski definition) is 3. The fourth-order valence-electron chi connectivity index (χ4n) is 2.23. The van der Waals surface area contributed by atoms with E-state index in [1.165, 1.54) is 19.3 Å². The first-order valence-electron chi connectivity index (χ1n) is 6.23. The van der Waals surface area contributed by atoms with Crippen molar-refractivity contribution in [2.45, 2.75) is 57.8 Å². The van der Waals surface area contributed by atoms with Crippen molar-refractivity contribution in [1.29, 1.82) is 0 Å². The van der Waals surface area contributed by atoms with Crippen LogP contribution in [0, 0.1) is 0 Å². The summed E-state index contributed by atoms with van der Waals surface area (Å²) in [6.07, 6.45) is 5.54. The largest absolute Gasteiger partial charge is 0.372 e. The molecule has 0 saturated carbocycles. The second-order valence-electron chi connectivity index (χ2n) is 4.77. The van der Waals surface area contributed by atoms with E-state index >= 15 is 0 Å². The maximum absolute atomic E-state index is 5.84. The maximum Gasteiger partial charge on any atom is 0.0707 e. The number of rotatable bonds is 6. The molecule has 0 radical (unpaired) electrons. The molecule has 3 atom stereocenters. The second-order valence-corrected chi connectivity index (χ2v) is 4.77. The molecule has 0 amide bonds. The Bertz CT molecular complexity index is 175. The summed E-state index contributed by atoms with van der Waals surface area (Å²) in [5.74, 6) is 0. The highest BCUT2D eigenvalue weighted by Crippen LogP contribution is 2.20. The van der Waals surface area contributed by atoms with Crippen LogP contribution in [0.4, 0.5) is 0 Å². The number of ether oxygens (including phenoxy) is 1. The average Bonchev–Trinajstić information content (AvgIpc) is 2.66. The van der Waals surface area contributed by atoms with E-state index in [1.807, 2.05) is 0 Å². The summed E-state index contributed by atoms with van der Waals surface area (Å²) < 4.78 is 5.84. The second kappa shape index (κ2) is 6.46. The van der Waals surface area contributed by atoms with Gasteiger partial charge in [-0.25, -0.2) is 0 Å². The van der Waals surface area contributed by atoms with Crippen molar-refractivity contribution >= 4 is 0 Å². The minimum Gasteiger partial charge on any atom is -0.372 e. The number of nitrogens with zero attached hydrogens (tertiary/aromatic N) is 1. The fraction of sp³-hybridized carbons (Fsp3) is 1.00. The van der Waals surface area contributed by atoms with Crippen molar-refractivity contribution in [2.24, 2.45) is 5.73 Å².